The molecule has 0 bridgehead atoms. The van der Waals surface area contributed by atoms with E-state index in [4.69, 9.17) is 10.5 Å². The van der Waals surface area contributed by atoms with Crippen LogP contribution in [-0.4, -0.2) is 23.9 Å². The minimum Gasteiger partial charge on any atom is -0.494 e. The fraction of sp³-hybridized carbons (Fsp3) is 0.727. The van der Waals surface area contributed by atoms with E-state index in [9.17, 15) is 5.11 Å². The van der Waals surface area contributed by atoms with Crippen molar-refractivity contribution < 1.29 is 9.84 Å². The Hall–Kier alpha value is -0.770. The first-order chi connectivity index (χ1) is 12.1. The molecule has 0 aromatic heterocycles. The normalized spacial score (nSPS) is 13.1. The molecule has 3 N–H and O–H groups in total. The number of rotatable bonds is 15. The molecule has 0 spiro atoms. The van der Waals surface area contributed by atoms with E-state index in [1.54, 1.807) is 0 Å². The lowest BCUT2D eigenvalue weighted by atomic mass is 9.95. The van der Waals surface area contributed by atoms with Crippen molar-refractivity contribution >= 4 is 12.4 Å². The highest BCUT2D eigenvalue weighted by molar-refractivity contribution is 5.85. The topological polar surface area (TPSA) is 55.5 Å². The molecule has 152 valence electrons. The van der Waals surface area contributed by atoms with Crippen LogP contribution in [0.5, 0.6) is 5.75 Å². The van der Waals surface area contributed by atoms with E-state index in [-0.39, 0.29) is 19.0 Å². The monoisotopic (exact) mass is 385 g/mol. The second kappa shape index (κ2) is 15.3. The highest BCUT2D eigenvalue weighted by Gasteiger charge is 2.16. The van der Waals surface area contributed by atoms with Crippen LogP contribution in [0.2, 0.25) is 0 Å². The number of nitrogens with two attached hydrogens (primary N) is 1. The smallest absolute Gasteiger partial charge is 0.119 e. The first-order valence-electron chi connectivity index (χ1n) is 10.2. The summed E-state index contributed by atoms with van der Waals surface area (Å²) < 4.78 is 5.82. The third-order valence-corrected chi connectivity index (χ3v) is 4.79. The number of benzene rings is 1. The Morgan fingerprint density at radius 1 is 0.923 bits per heavy atom. The largest absolute Gasteiger partial charge is 0.494 e. The van der Waals surface area contributed by atoms with Crippen molar-refractivity contribution in [3.05, 3.63) is 29.8 Å². The zero-order chi connectivity index (χ0) is 18.4. The van der Waals surface area contributed by atoms with Gasteiger partial charge in [-0.1, -0.05) is 70.4 Å². The molecule has 26 heavy (non-hydrogen) atoms. The Kier molecular flexibility index (Phi) is 14.9. The van der Waals surface area contributed by atoms with Crippen LogP contribution in [0.4, 0.5) is 0 Å². The molecule has 0 radical (unpaired) electrons. The summed E-state index contributed by atoms with van der Waals surface area (Å²) in [6.07, 6.45) is 13.7. The predicted molar refractivity (Wildman–Crippen MR) is 114 cm³/mol. The SMILES string of the molecule is CCCCCCCCCCCOc1ccc(CCC(C)(N)CO)cc1.Cl. The molecule has 0 aliphatic heterocycles. The molecule has 1 atom stereocenters. The predicted octanol–water partition coefficient (Wildman–Crippen LogP) is 5.66. The lowest BCUT2D eigenvalue weighted by Crippen LogP contribution is -2.40. The van der Waals surface area contributed by atoms with Crippen LogP contribution in [0.3, 0.4) is 0 Å². The third-order valence-electron chi connectivity index (χ3n) is 4.79. The molecule has 1 aromatic carbocycles. The Morgan fingerprint density at radius 3 is 2.00 bits per heavy atom. The maximum Gasteiger partial charge on any atom is 0.119 e. The molecule has 0 saturated carbocycles. The maximum atomic E-state index is 9.19. The standard InChI is InChI=1S/C22H39NO2.ClH/c1-3-4-5-6-7-8-9-10-11-18-25-21-14-12-20(13-15-21)16-17-22(2,23)19-24;/h12-15,24H,3-11,16-19,23H2,1-2H3;1H. The van der Waals surface area contributed by atoms with Gasteiger partial charge in [0.05, 0.1) is 13.2 Å². The van der Waals surface area contributed by atoms with E-state index in [0.29, 0.717) is 0 Å². The number of aliphatic hydroxyl groups is 1. The van der Waals surface area contributed by atoms with Crippen molar-refractivity contribution in [1.29, 1.82) is 0 Å². The van der Waals surface area contributed by atoms with Gasteiger partial charge in [0.15, 0.2) is 0 Å². The highest BCUT2D eigenvalue weighted by atomic mass is 35.5. The van der Waals surface area contributed by atoms with Crippen LogP contribution < -0.4 is 10.5 Å². The van der Waals surface area contributed by atoms with Gasteiger partial charge in [0.1, 0.15) is 5.75 Å². The molecular weight excluding hydrogens is 346 g/mol. The van der Waals surface area contributed by atoms with Crippen LogP contribution in [0, 0.1) is 0 Å². The Bertz CT molecular complexity index is 434. The summed E-state index contributed by atoms with van der Waals surface area (Å²) in [5.41, 5.74) is 6.71. The van der Waals surface area contributed by atoms with E-state index in [0.717, 1.165) is 31.6 Å². The van der Waals surface area contributed by atoms with Gasteiger partial charge >= 0.3 is 0 Å². The molecule has 1 aromatic rings. The Morgan fingerprint density at radius 2 is 1.46 bits per heavy atom. The molecule has 0 amide bonds. The first-order valence-corrected chi connectivity index (χ1v) is 10.2. The number of halogens is 1. The van der Waals surface area contributed by atoms with Gasteiger partial charge in [-0.25, -0.2) is 0 Å². The van der Waals surface area contributed by atoms with Gasteiger partial charge in [-0.15, -0.1) is 12.4 Å². The number of unbranched alkanes of at least 4 members (excludes halogenated alkanes) is 8. The number of ether oxygens (including phenoxy) is 1. The lowest BCUT2D eigenvalue weighted by Gasteiger charge is -2.21. The summed E-state index contributed by atoms with van der Waals surface area (Å²) in [5.74, 6) is 0.945. The van der Waals surface area contributed by atoms with Crippen molar-refractivity contribution in [2.75, 3.05) is 13.2 Å². The molecular formula is C22H40ClNO2. The fourth-order valence-electron chi connectivity index (χ4n) is 2.86. The molecule has 0 aliphatic rings. The second-order valence-corrected chi connectivity index (χ2v) is 7.63. The molecule has 1 unspecified atom stereocenters. The zero-order valence-electron chi connectivity index (χ0n) is 16.8. The molecule has 0 aliphatic carbocycles. The Labute approximate surface area is 167 Å². The van der Waals surface area contributed by atoms with Crippen LogP contribution in [0.25, 0.3) is 0 Å². The third kappa shape index (κ3) is 12.6. The number of hydrogen-bond donors (Lipinski definition) is 2. The van der Waals surface area contributed by atoms with Crippen LogP contribution in [0.15, 0.2) is 24.3 Å². The number of aliphatic hydroxyl groups excluding tert-OH is 1. The average molecular weight is 386 g/mol. The van der Waals surface area contributed by atoms with Crippen molar-refractivity contribution in [3.8, 4) is 5.75 Å². The van der Waals surface area contributed by atoms with E-state index in [2.05, 4.69) is 19.1 Å². The minimum absolute atomic E-state index is 0. The summed E-state index contributed by atoms with van der Waals surface area (Å²) in [4.78, 5) is 0. The molecule has 0 fully saturated rings. The van der Waals surface area contributed by atoms with Crippen LogP contribution in [-0.2, 0) is 6.42 Å². The molecule has 1 rings (SSSR count). The minimum atomic E-state index is -0.495. The number of aryl methyl sites for hydroxylation is 1. The zero-order valence-corrected chi connectivity index (χ0v) is 17.7. The summed E-state index contributed by atoms with van der Waals surface area (Å²) in [5, 5.41) is 9.19. The molecule has 0 saturated heterocycles. The van der Waals surface area contributed by atoms with Gasteiger partial charge in [-0.3, -0.25) is 0 Å². The van der Waals surface area contributed by atoms with E-state index >= 15 is 0 Å². The van der Waals surface area contributed by atoms with E-state index < -0.39 is 5.54 Å². The van der Waals surface area contributed by atoms with Gasteiger partial charge in [-0.2, -0.15) is 0 Å². The van der Waals surface area contributed by atoms with E-state index in [1.165, 1.54) is 56.9 Å². The van der Waals surface area contributed by atoms with Crippen molar-refractivity contribution in [1.82, 2.24) is 0 Å². The summed E-state index contributed by atoms with van der Waals surface area (Å²) in [6, 6.07) is 8.27. The van der Waals surface area contributed by atoms with Crippen LogP contribution >= 0.6 is 12.4 Å². The molecule has 4 heteroatoms. The Balaban J connectivity index is 0.00000625. The van der Waals surface area contributed by atoms with Gasteiger partial charge in [0.25, 0.3) is 0 Å². The van der Waals surface area contributed by atoms with Crippen molar-refractivity contribution in [3.63, 3.8) is 0 Å². The quantitative estimate of drug-likeness (QED) is 0.383. The first kappa shape index (κ1) is 25.2. The van der Waals surface area contributed by atoms with Gasteiger partial charge < -0.3 is 15.6 Å². The molecule has 0 heterocycles. The van der Waals surface area contributed by atoms with Crippen molar-refractivity contribution in [2.24, 2.45) is 5.73 Å². The summed E-state index contributed by atoms with van der Waals surface area (Å²) in [7, 11) is 0. The highest BCUT2D eigenvalue weighted by Crippen LogP contribution is 2.17. The maximum absolute atomic E-state index is 9.19. The van der Waals surface area contributed by atoms with Crippen LogP contribution in [0.1, 0.15) is 83.6 Å². The lowest BCUT2D eigenvalue weighted by molar-refractivity contribution is 0.200. The summed E-state index contributed by atoms with van der Waals surface area (Å²) in [6.45, 7) is 4.98. The van der Waals surface area contributed by atoms with Gasteiger partial charge in [0.2, 0.25) is 0 Å². The van der Waals surface area contributed by atoms with Crippen molar-refractivity contribution in [2.45, 2.75) is 90.0 Å². The average Bonchev–Trinajstić information content (AvgIpc) is 2.62. The fourth-order valence-corrected chi connectivity index (χ4v) is 2.86. The van der Waals surface area contributed by atoms with E-state index in [1.807, 2.05) is 19.1 Å². The number of hydrogen-bond acceptors (Lipinski definition) is 3. The summed E-state index contributed by atoms with van der Waals surface area (Å²) >= 11 is 0. The van der Waals surface area contributed by atoms with Gasteiger partial charge in [-0.05, 0) is 43.9 Å². The van der Waals surface area contributed by atoms with Gasteiger partial charge in [0, 0.05) is 5.54 Å². The molecule has 3 nitrogen and oxygen atoms in total. The second-order valence-electron chi connectivity index (χ2n) is 7.63.